The molecule has 0 atom stereocenters. The second-order valence-corrected chi connectivity index (χ2v) is 8.53. The molecule has 0 bridgehead atoms. The fraction of sp³-hybridized carbons (Fsp3) is 0.360. The van der Waals surface area contributed by atoms with Crippen LogP contribution in [0.15, 0.2) is 54.7 Å². The second-order valence-electron chi connectivity index (χ2n) is 8.53. The van der Waals surface area contributed by atoms with Gasteiger partial charge in [-0.25, -0.2) is 0 Å². The van der Waals surface area contributed by atoms with Crippen LogP contribution in [0.1, 0.15) is 11.1 Å². The molecule has 2 aromatic carbocycles. The molecule has 1 aromatic heterocycles. The first kappa shape index (κ1) is 21.9. The van der Waals surface area contributed by atoms with Crippen LogP contribution in [0.5, 0.6) is 0 Å². The Hall–Kier alpha value is -3.32. The number of anilines is 1. The zero-order valence-corrected chi connectivity index (χ0v) is 18.8. The highest BCUT2D eigenvalue weighted by Gasteiger charge is 2.23. The van der Waals surface area contributed by atoms with Gasteiger partial charge in [0.2, 0.25) is 11.8 Å². The zero-order valence-electron chi connectivity index (χ0n) is 18.8. The van der Waals surface area contributed by atoms with Crippen molar-refractivity contribution in [2.75, 3.05) is 51.7 Å². The molecule has 1 saturated heterocycles. The number of para-hydroxylation sites is 1. The highest BCUT2D eigenvalue weighted by atomic mass is 16.2. The van der Waals surface area contributed by atoms with Gasteiger partial charge in [-0.1, -0.05) is 30.3 Å². The van der Waals surface area contributed by atoms with Crippen LogP contribution in [-0.2, 0) is 22.6 Å². The average molecular weight is 434 g/mol. The first-order valence-electron chi connectivity index (χ1n) is 11.1. The summed E-state index contributed by atoms with van der Waals surface area (Å²) in [5.41, 5.74) is 4.31. The van der Waals surface area contributed by atoms with E-state index in [1.807, 2.05) is 78.6 Å². The van der Waals surface area contributed by atoms with Crippen LogP contribution in [-0.4, -0.2) is 73.4 Å². The topological polar surface area (TPSA) is 71.7 Å². The molecule has 7 heteroatoms. The lowest BCUT2D eigenvalue weighted by molar-refractivity contribution is -0.132. The molecule has 32 heavy (non-hydrogen) atoms. The lowest BCUT2D eigenvalue weighted by Crippen LogP contribution is -2.51. The molecule has 7 nitrogen and oxygen atoms in total. The third-order valence-electron chi connectivity index (χ3n) is 6.05. The van der Waals surface area contributed by atoms with Gasteiger partial charge in [0.1, 0.15) is 0 Å². The quantitative estimate of drug-likeness (QED) is 0.600. The summed E-state index contributed by atoms with van der Waals surface area (Å²) >= 11 is 0. The maximum absolute atomic E-state index is 12.8. The van der Waals surface area contributed by atoms with Gasteiger partial charge in [-0.05, 0) is 29.3 Å². The van der Waals surface area contributed by atoms with Gasteiger partial charge in [0.25, 0.3) is 0 Å². The Balaban J connectivity index is 1.20. The number of carbonyl (C=O) groups is 2. The SMILES string of the molecule is CN(C)c1ccc(CNC(=O)CN2CCN(C(=O)Cc3c[nH]c4ccccc34)CC2)cc1. The number of benzene rings is 2. The molecular weight excluding hydrogens is 402 g/mol. The lowest BCUT2D eigenvalue weighted by Gasteiger charge is -2.34. The maximum Gasteiger partial charge on any atom is 0.234 e. The zero-order chi connectivity index (χ0) is 22.5. The Kier molecular flexibility index (Phi) is 6.75. The van der Waals surface area contributed by atoms with E-state index in [0.717, 1.165) is 27.7 Å². The molecule has 168 valence electrons. The van der Waals surface area contributed by atoms with Crippen molar-refractivity contribution in [1.82, 2.24) is 20.1 Å². The molecule has 1 fully saturated rings. The van der Waals surface area contributed by atoms with Crippen molar-refractivity contribution in [2.45, 2.75) is 13.0 Å². The fourth-order valence-corrected chi connectivity index (χ4v) is 4.08. The molecule has 3 aromatic rings. The summed E-state index contributed by atoms with van der Waals surface area (Å²) in [6, 6.07) is 16.2. The van der Waals surface area contributed by atoms with Crippen molar-refractivity contribution in [3.63, 3.8) is 0 Å². The number of nitrogens with zero attached hydrogens (tertiary/aromatic N) is 3. The molecule has 0 spiro atoms. The summed E-state index contributed by atoms with van der Waals surface area (Å²) in [6.07, 6.45) is 2.33. The van der Waals surface area contributed by atoms with E-state index >= 15 is 0 Å². The molecule has 1 aliphatic heterocycles. The Labute approximate surface area is 189 Å². The van der Waals surface area contributed by atoms with Gasteiger partial charge < -0.3 is 20.1 Å². The summed E-state index contributed by atoms with van der Waals surface area (Å²) in [4.78, 5) is 34.4. The molecule has 2 N–H and O–H groups in total. The minimum atomic E-state index is 0.0141. The molecule has 0 unspecified atom stereocenters. The van der Waals surface area contributed by atoms with E-state index in [2.05, 4.69) is 15.2 Å². The summed E-state index contributed by atoms with van der Waals surface area (Å²) in [7, 11) is 4.01. The smallest absolute Gasteiger partial charge is 0.234 e. The largest absolute Gasteiger partial charge is 0.378 e. The fourth-order valence-electron chi connectivity index (χ4n) is 4.08. The van der Waals surface area contributed by atoms with Crippen LogP contribution in [0.4, 0.5) is 5.69 Å². The molecule has 0 saturated carbocycles. The summed E-state index contributed by atoms with van der Waals surface area (Å²) in [5.74, 6) is 0.153. The molecular formula is C25H31N5O2. The van der Waals surface area contributed by atoms with Gasteiger partial charge in [0.05, 0.1) is 13.0 Å². The lowest BCUT2D eigenvalue weighted by atomic mass is 10.1. The normalized spacial score (nSPS) is 14.5. The number of H-pyrrole nitrogens is 1. The number of rotatable bonds is 7. The number of aromatic nitrogens is 1. The van der Waals surface area contributed by atoms with Crippen molar-refractivity contribution in [2.24, 2.45) is 0 Å². The van der Waals surface area contributed by atoms with Crippen molar-refractivity contribution >= 4 is 28.4 Å². The Morgan fingerprint density at radius 1 is 1.00 bits per heavy atom. The molecule has 2 heterocycles. The summed E-state index contributed by atoms with van der Waals surface area (Å²) < 4.78 is 0. The first-order valence-corrected chi connectivity index (χ1v) is 11.1. The number of aromatic amines is 1. The van der Waals surface area contributed by atoms with Crippen molar-refractivity contribution in [1.29, 1.82) is 0 Å². The van der Waals surface area contributed by atoms with E-state index in [4.69, 9.17) is 0 Å². The van der Waals surface area contributed by atoms with Gasteiger partial charge in [-0.15, -0.1) is 0 Å². The minimum absolute atomic E-state index is 0.0141. The number of carbonyl (C=O) groups excluding carboxylic acids is 2. The molecule has 1 aliphatic rings. The van der Waals surface area contributed by atoms with Crippen molar-refractivity contribution in [3.8, 4) is 0 Å². The number of hydrogen-bond acceptors (Lipinski definition) is 4. The van der Waals surface area contributed by atoms with Crippen LogP contribution in [0.3, 0.4) is 0 Å². The molecule has 0 radical (unpaired) electrons. The Morgan fingerprint density at radius 2 is 1.72 bits per heavy atom. The highest BCUT2D eigenvalue weighted by molar-refractivity contribution is 5.89. The number of piperazine rings is 1. The third-order valence-corrected chi connectivity index (χ3v) is 6.05. The van der Waals surface area contributed by atoms with Crippen molar-refractivity contribution < 1.29 is 9.59 Å². The van der Waals surface area contributed by atoms with Gasteiger partial charge in [-0.2, -0.15) is 0 Å². The Bertz CT molecular complexity index is 1070. The predicted octanol–water partition coefficient (Wildman–Crippen LogP) is 2.24. The van der Waals surface area contributed by atoms with Crippen molar-refractivity contribution in [3.05, 3.63) is 65.9 Å². The number of amides is 2. The minimum Gasteiger partial charge on any atom is -0.378 e. The van der Waals surface area contributed by atoms with E-state index < -0.39 is 0 Å². The Morgan fingerprint density at radius 3 is 2.44 bits per heavy atom. The van der Waals surface area contributed by atoms with Gasteiger partial charge in [0.15, 0.2) is 0 Å². The van der Waals surface area contributed by atoms with E-state index in [1.165, 1.54) is 0 Å². The van der Waals surface area contributed by atoms with Crippen LogP contribution in [0, 0.1) is 0 Å². The molecule has 0 aliphatic carbocycles. The molecule has 4 rings (SSSR count). The average Bonchev–Trinajstić information content (AvgIpc) is 3.21. The number of hydrogen-bond donors (Lipinski definition) is 2. The van der Waals surface area contributed by atoms with Crippen LogP contribution < -0.4 is 10.2 Å². The van der Waals surface area contributed by atoms with E-state index in [-0.39, 0.29) is 11.8 Å². The van der Waals surface area contributed by atoms with Crippen LogP contribution in [0.25, 0.3) is 10.9 Å². The second kappa shape index (κ2) is 9.87. The van der Waals surface area contributed by atoms with Gasteiger partial charge in [-0.3, -0.25) is 14.5 Å². The predicted molar refractivity (Wildman–Crippen MR) is 128 cm³/mol. The standard InChI is InChI=1S/C25H31N5O2/c1-28(2)21-9-7-19(8-10-21)16-27-24(31)18-29-11-13-30(14-12-29)25(32)15-20-17-26-23-6-4-3-5-22(20)23/h3-10,17,26H,11-16,18H2,1-2H3,(H,27,31). The van der Waals surface area contributed by atoms with Gasteiger partial charge in [0, 0.05) is 69.6 Å². The third kappa shape index (κ3) is 5.29. The summed E-state index contributed by atoms with van der Waals surface area (Å²) in [6.45, 7) is 3.62. The maximum atomic E-state index is 12.8. The van der Waals surface area contributed by atoms with E-state index in [1.54, 1.807) is 0 Å². The first-order chi connectivity index (χ1) is 15.5. The molecule has 2 amide bonds. The summed E-state index contributed by atoms with van der Waals surface area (Å²) in [5, 5.41) is 4.10. The highest BCUT2D eigenvalue weighted by Crippen LogP contribution is 2.19. The number of nitrogens with one attached hydrogen (secondary N) is 2. The van der Waals surface area contributed by atoms with Crippen LogP contribution in [0.2, 0.25) is 0 Å². The van der Waals surface area contributed by atoms with E-state index in [9.17, 15) is 9.59 Å². The van der Waals surface area contributed by atoms with Crippen LogP contribution >= 0.6 is 0 Å². The van der Waals surface area contributed by atoms with E-state index in [0.29, 0.717) is 45.7 Å². The monoisotopic (exact) mass is 433 g/mol. The van der Waals surface area contributed by atoms with Gasteiger partial charge >= 0.3 is 0 Å². The number of fused-ring (bicyclic) bond motifs is 1.